The SMILES string of the molecule is CCOc1cc(C(=S)N2CCN(Cc3ccccc3)CC2)ccc1OCc1ccccc1Cl. The average Bonchev–Trinajstić information content (AvgIpc) is 2.85. The first-order chi connectivity index (χ1) is 16.1. The van der Waals surface area contributed by atoms with Crippen LogP contribution in [0.2, 0.25) is 5.02 Å². The van der Waals surface area contributed by atoms with Crippen molar-refractivity contribution in [3.05, 3.63) is 94.5 Å². The molecule has 0 amide bonds. The molecule has 1 aliphatic heterocycles. The maximum absolute atomic E-state index is 6.26. The van der Waals surface area contributed by atoms with Crippen molar-refractivity contribution in [1.82, 2.24) is 9.80 Å². The lowest BCUT2D eigenvalue weighted by molar-refractivity contribution is 0.177. The van der Waals surface area contributed by atoms with Crippen LogP contribution in [0.1, 0.15) is 23.6 Å². The largest absolute Gasteiger partial charge is 0.490 e. The van der Waals surface area contributed by atoms with Crippen molar-refractivity contribution in [2.24, 2.45) is 0 Å². The van der Waals surface area contributed by atoms with Crippen molar-refractivity contribution in [2.75, 3.05) is 32.8 Å². The van der Waals surface area contributed by atoms with Gasteiger partial charge in [0.05, 0.1) is 6.61 Å². The molecule has 3 aromatic rings. The molecule has 0 spiro atoms. The van der Waals surface area contributed by atoms with Gasteiger partial charge in [-0.25, -0.2) is 0 Å². The highest BCUT2D eigenvalue weighted by Gasteiger charge is 2.21. The number of rotatable bonds is 8. The van der Waals surface area contributed by atoms with E-state index in [9.17, 15) is 0 Å². The highest BCUT2D eigenvalue weighted by atomic mass is 35.5. The summed E-state index contributed by atoms with van der Waals surface area (Å²) in [5.74, 6) is 1.39. The molecule has 6 heteroatoms. The predicted molar refractivity (Wildman–Crippen MR) is 138 cm³/mol. The Bertz CT molecular complexity index is 1070. The lowest BCUT2D eigenvalue weighted by atomic mass is 10.1. The molecule has 4 nitrogen and oxygen atoms in total. The Hall–Kier alpha value is -2.60. The van der Waals surface area contributed by atoms with Crippen LogP contribution in [0.4, 0.5) is 0 Å². The van der Waals surface area contributed by atoms with Gasteiger partial charge < -0.3 is 14.4 Å². The Morgan fingerprint density at radius 3 is 2.33 bits per heavy atom. The van der Waals surface area contributed by atoms with Crippen molar-refractivity contribution in [3.8, 4) is 11.5 Å². The molecule has 1 aliphatic rings. The predicted octanol–water partition coefficient (Wildman–Crippen LogP) is 5.81. The Labute approximate surface area is 206 Å². The molecule has 0 radical (unpaired) electrons. The van der Waals surface area contributed by atoms with E-state index < -0.39 is 0 Å². The molecule has 0 N–H and O–H groups in total. The third-order valence-corrected chi connectivity index (χ3v) is 6.60. The molecule has 33 heavy (non-hydrogen) atoms. The van der Waals surface area contributed by atoms with Gasteiger partial charge in [0.15, 0.2) is 11.5 Å². The summed E-state index contributed by atoms with van der Waals surface area (Å²) in [7, 11) is 0. The molecule has 0 aliphatic carbocycles. The minimum Gasteiger partial charge on any atom is -0.490 e. The fourth-order valence-corrected chi connectivity index (χ4v) is 4.43. The Kier molecular flexibility index (Phi) is 8.21. The van der Waals surface area contributed by atoms with Crippen molar-refractivity contribution in [2.45, 2.75) is 20.1 Å². The van der Waals surface area contributed by atoms with Crippen molar-refractivity contribution >= 4 is 28.8 Å². The summed E-state index contributed by atoms with van der Waals surface area (Å²) in [5.41, 5.74) is 3.27. The minimum absolute atomic E-state index is 0.382. The second-order valence-corrected chi connectivity index (χ2v) is 8.82. The van der Waals surface area contributed by atoms with Crippen LogP contribution < -0.4 is 9.47 Å². The molecule has 3 aromatic carbocycles. The molecular formula is C27H29ClN2O2S. The third kappa shape index (κ3) is 6.26. The molecule has 1 heterocycles. The fourth-order valence-electron chi connectivity index (χ4n) is 3.93. The maximum atomic E-state index is 6.26. The van der Waals surface area contributed by atoms with Gasteiger partial charge in [-0.1, -0.05) is 72.3 Å². The number of thiocarbonyl (C=S) groups is 1. The molecule has 0 saturated carbocycles. The van der Waals surface area contributed by atoms with Crippen LogP contribution in [0.15, 0.2) is 72.8 Å². The van der Waals surface area contributed by atoms with E-state index in [-0.39, 0.29) is 0 Å². The van der Waals surface area contributed by atoms with Gasteiger partial charge in [-0.3, -0.25) is 4.90 Å². The summed E-state index contributed by atoms with van der Waals surface area (Å²) in [5, 5.41) is 0.694. The van der Waals surface area contributed by atoms with Crippen LogP contribution in [-0.2, 0) is 13.2 Å². The Morgan fingerprint density at radius 1 is 0.879 bits per heavy atom. The summed E-state index contributed by atoms with van der Waals surface area (Å²) in [6, 6.07) is 24.3. The summed E-state index contributed by atoms with van der Waals surface area (Å²) >= 11 is 12.1. The molecule has 0 bridgehead atoms. The van der Waals surface area contributed by atoms with Crippen LogP contribution in [0.5, 0.6) is 11.5 Å². The molecule has 4 rings (SSSR count). The van der Waals surface area contributed by atoms with Crippen LogP contribution in [0.25, 0.3) is 0 Å². The molecule has 0 unspecified atom stereocenters. The summed E-state index contributed by atoms with van der Waals surface area (Å²) in [6.45, 7) is 7.70. The number of piperazine rings is 1. The van der Waals surface area contributed by atoms with E-state index in [0.29, 0.717) is 29.7 Å². The first-order valence-corrected chi connectivity index (χ1v) is 12.1. The number of nitrogens with zero attached hydrogens (tertiary/aromatic N) is 2. The highest BCUT2D eigenvalue weighted by molar-refractivity contribution is 7.80. The smallest absolute Gasteiger partial charge is 0.161 e. The second kappa shape index (κ2) is 11.5. The topological polar surface area (TPSA) is 24.9 Å². The average molecular weight is 481 g/mol. The number of hydrogen-bond donors (Lipinski definition) is 0. The number of halogens is 1. The molecule has 172 valence electrons. The lowest BCUT2D eigenvalue weighted by Crippen LogP contribution is -2.48. The third-order valence-electron chi connectivity index (χ3n) is 5.74. The normalized spacial score (nSPS) is 14.2. The maximum Gasteiger partial charge on any atom is 0.161 e. The zero-order valence-electron chi connectivity index (χ0n) is 18.9. The van der Waals surface area contributed by atoms with Gasteiger partial charge in [-0.05, 0) is 36.8 Å². The summed E-state index contributed by atoms with van der Waals surface area (Å²) < 4.78 is 11.9. The van der Waals surface area contributed by atoms with E-state index in [0.717, 1.165) is 48.8 Å². The van der Waals surface area contributed by atoms with Gasteiger partial charge in [-0.15, -0.1) is 0 Å². The summed E-state index contributed by atoms with van der Waals surface area (Å²) in [4.78, 5) is 5.62. The van der Waals surface area contributed by atoms with E-state index in [1.54, 1.807) is 0 Å². The number of benzene rings is 3. The van der Waals surface area contributed by atoms with Gasteiger partial charge in [-0.2, -0.15) is 0 Å². The van der Waals surface area contributed by atoms with Gasteiger partial charge in [0, 0.05) is 48.9 Å². The number of hydrogen-bond acceptors (Lipinski definition) is 4. The Balaban J connectivity index is 1.38. The van der Waals surface area contributed by atoms with E-state index in [2.05, 4.69) is 40.1 Å². The van der Waals surface area contributed by atoms with E-state index >= 15 is 0 Å². The van der Waals surface area contributed by atoms with Crippen LogP contribution in [-0.4, -0.2) is 47.6 Å². The van der Waals surface area contributed by atoms with Crippen LogP contribution in [0, 0.1) is 0 Å². The van der Waals surface area contributed by atoms with Crippen molar-refractivity contribution in [3.63, 3.8) is 0 Å². The highest BCUT2D eigenvalue weighted by Crippen LogP contribution is 2.31. The fraction of sp³-hybridized carbons (Fsp3) is 0.296. The zero-order valence-corrected chi connectivity index (χ0v) is 20.4. The molecule has 0 atom stereocenters. The zero-order chi connectivity index (χ0) is 23.0. The lowest BCUT2D eigenvalue weighted by Gasteiger charge is -2.36. The molecule has 1 saturated heterocycles. The van der Waals surface area contributed by atoms with Gasteiger partial charge >= 0.3 is 0 Å². The standard InChI is InChI=1S/C27H29ClN2O2S/c1-2-31-26-18-22(12-13-25(26)32-20-23-10-6-7-11-24(23)28)27(33)30-16-14-29(15-17-30)19-21-8-4-3-5-9-21/h3-13,18H,2,14-17,19-20H2,1H3. The second-order valence-electron chi connectivity index (χ2n) is 8.03. The monoisotopic (exact) mass is 480 g/mol. The first-order valence-electron chi connectivity index (χ1n) is 11.3. The van der Waals surface area contributed by atoms with Gasteiger partial charge in [0.25, 0.3) is 0 Å². The minimum atomic E-state index is 0.382. The van der Waals surface area contributed by atoms with E-state index in [1.807, 2.05) is 49.4 Å². The molecule has 0 aromatic heterocycles. The number of ether oxygens (including phenoxy) is 2. The first kappa shape index (κ1) is 23.6. The van der Waals surface area contributed by atoms with Crippen molar-refractivity contribution < 1.29 is 9.47 Å². The molecular weight excluding hydrogens is 452 g/mol. The van der Waals surface area contributed by atoms with Gasteiger partial charge in [0.2, 0.25) is 0 Å². The quantitative estimate of drug-likeness (QED) is 0.379. The molecule has 1 fully saturated rings. The van der Waals surface area contributed by atoms with Crippen molar-refractivity contribution in [1.29, 1.82) is 0 Å². The van der Waals surface area contributed by atoms with Crippen LogP contribution in [0.3, 0.4) is 0 Å². The van der Waals surface area contributed by atoms with Crippen LogP contribution >= 0.6 is 23.8 Å². The Morgan fingerprint density at radius 2 is 1.61 bits per heavy atom. The summed E-state index contributed by atoms with van der Waals surface area (Å²) in [6.07, 6.45) is 0. The van der Waals surface area contributed by atoms with Gasteiger partial charge in [0.1, 0.15) is 11.6 Å². The van der Waals surface area contributed by atoms with E-state index in [1.165, 1.54) is 5.56 Å². The van der Waals surface area contributed by atoms with E-state index in [4.69, 9.17) is 33.3 Å².